The van der Waals surface area contributed by atoms with Gasteiger partial charge in [-0.2, -0.15) is 4.57 Å². The number of aryl methyl sites for hydroxylation is 1. The number of carbonyl (C=O) groups excluding carboxylic acids is 1. The van der Waals surface area contributed by atoms with Gasteiger partial charge in [-0.15, -0.1) is 0 Å². The zero-order valence-corrected chi connectivity index (χ0v) is 13.3. The topological polar surface area (TPSA) is 30.2 Å². The molecule has 1 heterocycles. The SMILES string of the molecule is COC(=O)C(C)CC(=CCl)c1sc2ccccc2[n+]1C. The average Bonchev–Trinajstić information content (AvgIpc) is 2.81. The second kappa shape index (κ2) is 6.37. The third-order valence-corrected chi connectivity index (χ3v) is 4.83. The molecular weight excluding hydrogens is 294 g/mol. The van der Waals surface area contributed by atoms with Gasteiger partial charge in [0, 0.05) is 17.2 Å². The molecule has 3 nitrogen and oxygen atoms in total. The van der Waals surface area contributed by atoms with Gasteiger partial charge in [-0.3, -0.25) is 4.79 Å². The van der Waals surface area contributed by atoms with E-state index in [1.165, 1.54) is 11.8 Å². The molecule has 0 fully saturated rings. The van der Waals surface area contributed by atoms with Crippen molar-refractivity contribution in [3.05, 3.63) is 34.8 Å². The van der Waals surface area contributed by atoms with Gasteiger partial charge in [0.2, 0.25) is 5.52 Å². The van der Waals surface area contributed by atoms with E-state index in [1.807, 2.05) is 26.1 Å². The zero-order valence-electron chi connectivity index (χ0n) is 11.7. The van der Waals surface area contributed by atoms with Crippen molar-refractivity contribution in [3.63, 3.8) is 0 Å². The second-order valence-corrected chi connectivity index (χ2v) is 5.95. The minimum atomic E-state index is -0.218. The van der Waals surface area contributed by atoms with Crippen molar-refractivity contribution in [3.8, 4) is 0 Å². The summed E-state index contributed by atoms with van der Waals surface area (Å²) in [6, 6.07) is 8.19. The first-order valence-corrected chi connectivity index (χ1v) is 7.58. The summed E-state index contributed by atoms with van der Waals surface area (Å²) in [6.45, 7) is 1.85. The molecule has 0 bridgehead atoms. The van der Waals surface area contributed by atoms with Crippen LogP contribution in [0.1, 0.15) is 18.4 Å². The summed E-state index contributed by atoms with van der Waals surface area (Å²) in [4.78, 5) is 11.6. The van der Waals surface area contributed by atoms with E-state index in [-0.39, 0.29) is 11.9 Å². The maximum Gasteiger partial charge on any atom is 0.308 e. The Kier molecular flexibility index (Phi) is 4.78. The van der Waals surface area contributed by atoms with E-state index in [2.05, 4.69) is 16.7 Å². The van der Waals surface area contributed by atoms with Gasteiger partial charge in [-0.05, 0) is 12.5 Å². The van der Waals surface area contributed by atoms with E-state index < -0.39 is 0 Å². The number of esters is 1. The highest BCUT2D eigenvalue weighted by molar-refractivity contribution is 7.19. The molecule has 1 aromatic heterocycles. The number of allylic oxidation sites excluding steroid dienone is 1. The molecule has 106 valence electrons. The number of para-hydroxylation sites is 1. The van der Waals surface area contributed by atoms with Crippen molar-refractivity contribution in [1.82, 2.24) is 0 Å². The number of hydrogen-bond donors (Lipinski definition) is 0. The molecule has 0 saturated carbocycles. The van der Waals surface area contributed by atoms with Gasteiger partial charge in [-0.1, -0.05) is 42.0 Å². The predicted octanol–water partition coefficient (Wildman–Crippen LogP) is 3.50. The largest absolute Gasteiger partial charge is 0.469 e. The number of hydrogen-bond acceptors (Lipinski definition) is 3. The van der Waals surface area contributed by atoms with Crippen LogP contribution in [0.25, 0.3) is 15.8 Å². The average molecular weight is 311 g/mol. The Morgan fingerprint density at radius 2 is 2.20 bits per heavy atom. The highest BCUT2D eigenvalue weighted by atomic mass is 35.5. The first kappa shape index (κ1) is 15.0. The summed E-state index contributed by atoms with van der Waals surface area (Å²) in [5, 5.41) is 1.07. The molecule has 0 amide bonds. The fourth-order valence-corrected chi connectivity index (χ4v) is 3.61. The Balaban J connectivity index is 2.36. The quantitative estimate of drug-likeness (QED) is 0.639. The third kappa shape index (κ3) is 2.86. The predicted molar refractivity (Wildman–Crippen MR) is 82.6 cm³/mol. The first-order valence-electron chi connectivity index (χ1n) is 6.33. The molecule has 0 N–H and O–H groups in total. The summed E-state index contributed by atoms with van der Waals surface area (Å²) >= 11 is 7.65. The van der Waals surface area contributed by atoms with E-state index >= 15 is 0 Å². The van der Waals surface area contributed by atoms with E-state index in [4.69, 9.17) is 16.3 Å². The van der Waals surface area contributed by atoms with E-state index in [1.54, 1.807) is 16.9 Å². The highest BCUT2D eigenvalue weighted by Gasteiger charge is 2.24. The van der Waals surface area contributed by atoms with Gasteiger partial charge < -0.3 is 4.74 Å². The van der Waals surface area contributed by atoms with Gasteiger partial charge in [0.15, 0.2) is 0 Å². The van der Waals surface area contributed by atoms with Crippen molar-refractivity contribution in [2.24, 2.45) is 13.0 Å². The minimum Gasteiger partial charge on any atom is -0.469 e. The molecular formula is C15H17ClNO2S+. The number of halogens is 1. The van der Waals surface area contributed by atoms with E-state index in [9.17, 15) is 4.79 Å². The van der Waals surface area contributed by atoms with Crippen LogP contribution in [-0.4, -0.2) is 13.1 Å². The van der Waals surface area contributed by atoms with Crippen LogP contribution < -0.4 is 4.57 Å². The maximum atomic E-state index is 11.6. The molecule has 0 saturated heterocycles. The molecule has 0 aliphatic rings. The molecule has 1 aromatic carbocycles. The Morgan fingerprint density at radius 3 is 2.80 bits per heavy atom. The Labute approximate surface area is 127 Å². The van der Waals surface area contributed by atoms with Gasteiger partial charge in [0.1, 0.15) is 11.7 Å². The Morgan fingerprint density at radius 1 is 1.50 bits per heavy atom. The van der Waals surface area contributed by atoms with Crippen LogP contribution in [0, 0.1) is 5.92 Å². The fourth-order valence-electron chi connectivity index (χ4n) is 2.18. The number of rotatable bonds is 4. The number of benzene rings is 1. The lowest BCUT2D eigenvalue weighted by molar-refractivity contribution is -0.642. The van der Waals surface area contributed by atoms with E-state index in [0.717, 1.165) is 16.1 Å². The van der Waals surface area contributed by atoms with Gasteiger partial charge >= 0.3 is 5.97 Å². The summed E-state index contributed by atoms with van der Waals surface area (Å²) in [7, 11) is 3.42. The molecule has 5 heteroatoms. The molecule has 0 spiro atoms. The van der Waals surface area contributed by atoms with Gasteiger partial charge in [0.25, 0.3) is 5.01 Å². The lowest BCUT2D eigenvalue weighted by atomic mass is 10.0. The molecule has 0 aliphatic carbocycles. The van der Waals surface area contributed by atoms with Crippen LogP contribution in [0.15, 0.2) is 29.8 Å². The fraction of sp³-hybridized carbons (Fsp3) is 0.333. The van der Waals surface area contributed by atoms with E-state index in [0.29, 0.717) is 6.42 Å². The molecule has 2 rings (SSSR count). The Hall–Kier alpha value is -1.39. The Bertz CT molecular complexity index is 663. The van der Waals surface area contributed by atoms with Gasteiger partial charge in [0.05, 0.1) is 13.0 Å². The van der Waals surface area contributed by atoms with Crippen molar-refractivity contribution < 1.29 is 14.1 Å². The lowest BCUT2D eigenvalue weighted by Crippen LogP contribution is -2.30. The highest BCUT2D eigenvalue weighted by Crippen LogP contribution is 2.29. The number of nitrogens with zero attached hydrogens (tertiary/aromatic N) is 1. The van der Waals surface area contributed by atoms with Crippen LogP contribution in [0.5, 0.6) is 0 Å². The maximum absolute atomic E-state index is 11.6. The standard InChI is InChI=1S/C15H17ClNO2S/c1-10(15(18)19-3)8-11(9-16)14-17(2)12-6-4-5-7-13(12)20-14/h4-7,9-10H,8H2,1-3H3/q+1. The summed E-state index contributed by atoms with van der Waals surface area (Å²) < 4.78 is 8.08. The number of fused-ring (bicyclic) bond motifs is 1. The number of aromatic nitrogens is 1. The van der Waals surface area contributed by atoms with Crippen LogP contribution >= 0.6 is 22.9 Å². The molecule has 1 atom stereocenters. The number of methoxy groups -OCH3 is 1. The summed E-state index contributed by atoms with van der Waals surface area (Å²) in [5.74, 6) is -0.431. The molecule has 0 aliphatic heterocycles. The van der Waals surface area contributed by atoms with Crippen molar-refractivity contribution in [2.45, 2.75) is 13.3 Å². The molecule has 20 heavy (non-hydrogen) atoms. The smallest absolute Gasteiger partial charge is 0.308 e. The minimum absolute atomic E-state index is 0.213. The monoisotopic (exact) mass is 310 g/mol. The zero-order chi connectivity index (χ0) is 14.7. The number of carbonyl (C=O) groups is 1. The van der Waals surface area contributed by atoms with Crippen molar-refractivity contribution in [2.75, 3.05) is 7.11 Å². The molecule has 2 aromatic rings. The number of thiazole rings is 1. The second-order valence-electron chi connectivity index (χ2n) is 4.70. The van der Waals surface area contributed by atoms with Crippen LogP contribution in [0.4, 0.5) is 0 Å². The van der Waals surface area contributed by atoms with Crippen molar-refractivity contribution in [1.29, 1.82) is 0 Å². The van der Waals surface area contributed by atoms with Crippen molar-refractivity contribution >= 4 is 44.7 Å². The first-order chi connectivity index (χ1) is 9.58. The van der Waals surface area contributed by atoms with Gasteiger partial charge in [-0.25, -0.2) is 0 Å². The summed E-state index contributed by atoms with van der Waals surface area (Å²) in [6.07, 6.45) is 0.566. The molecule has 1 unspecified atom stereocenters. The third-order valence-electron chi connectivity index (χ3n) is 3.27. The normalized spacial score (nSPS) is 13.5. The lowest BCUT2D eigenvalue weighted by Gasteiger charge is -2.08. The van der Waals surface area contributed by atoms with Crippen LogP contribution in [0.2, 0.25) is 0 Å². The number of ether oxygens (including phenoxy) is 1. The summed E-state index contributed by atoms with van der Waals surface area (Å²) in [5.41, 5.74) is 3.67. The molecule has 0 radical (unpaired) electrons. The van der Waals surface area contributed by atoms with Crippen LogP contribution in [0.3, 0.4) is 0 Å². The van der Waals surface area contributed by atoms with Crippen LogP contribution in [-0.2, 0) is 16.6 Å².